The molecule has 3 heterocycles. The molecule has 1 unspecified atom stereocenters. The molecular weight excluding hydrogens is 480 g/mol. The molecule has 2 bridgehead atoms. The second kappa shape index (κ2) is 8.27. The summed E-state index contributed by atoms with van der Waals surface area (Å²) >= 11 is 0. The fourth-order valence-corrected chi connectivity index (χ4v) is 7.50. The van der Waals surface area contributed by atoms with Crippen LogP contribution in [-0.2, 0) is 16.6 Å². The highest BCUT2D eigenvalue weighted by Crippen LogP contribution is 2.66. The molecule has 2 saturated carbocycles. The van der Waals surface area contributed by atoms with Crippen molar-refractivity contribution in [2.75, 3.05) is 20.1 Å². The molecule has 1 spiro atoms. The van der Waals surface area contributed by atoms with Crippen molar-refractivity contribution in [1.82, 2.24) is 9.80 Å². The second-order valence-corrected chi connectivity index (χ2v) is 11.0. The first-order chi connectivity index (χ1) is 18.1. The third-order valence-corrected chi connectivity index (χ3v) is 9.26. The Morgan fingerprint density at radius 3 is 2.92 bits per heavy atom. The average molecular weight is 516 g/mol. The number of halogens is 1. The van der Waals surface area contributed by atoms with Gasteiger partial charge in [-0.05, 0) is 74.8 Å². The maximum atomic E-state index is 13.5. The van der Waals surface area contributed by atoms with Crippen LogP contribution in [0.2, 0.25) is 0 Å². The molecule has 3 aliphatic carbocycles. The number of phenolic OH excluding ortho intramolecular Hbond substituents is 1. The zero-order valence-electron chi connectivity index (χ0n) is 22.9. The summed E-state index contributed by atoms with van der Waals surface area (Å²) in [6.07, 6.45) is 9.25. The van der Waals surface area contributed by atoms with E-state index in [0.29, 0.717) is 36.5 Å². The first-order valence-corrected chi connectivity index (χ1v) is 12.7. The van der Waals surface area contributed by atoms with Crippen LogP contribution >= 0.6 is 12.4 Å². The van der Waals surface area contributed by atoms with E-state index in [-0.39, 0.29) is 30.6 Å². The third kappa shape index (κ3) is 3.15. The van der Waals surface area contributed by atoms with Crippen molar-refractivity contribution in [2.24, 2.45) is 5.92 Å². The van der Waals surface area contributed by atoms with Gasteiger partial charge in [0.25, 0.3) is 0 Å². The number of benzene rings is 1. The first-order valence-electron chi connectivity index (χ1n) is 14.2. The summed E-state index contributed by atoms with van der Waals surface area (Å²) in [4.78, 5) is 16.9. The van der Waals surface area contributed by atoms with Crippen LogP contribution in [0.5, 0.6) is 11.5 Å². The highest BCUT2D eigenvalue weighted by Gasteiger charge is 2.73. The number of carbonyl (C=O) groups excluding carboxylic acids is 1. The van der Waals surface area contributed by atoms with Gasteiger partial charge in [-0.1, -0.05) is 6.07 Å². The number of aliphatic hydroxyl groups is 1. The molecule has 8 heteroatoms. The van der Waals surface area contributed by atoms with Crippen LogP contribution in [0.4, 0.5) is 0 Å². The summed E-state index contributed by atoms with van der Waals surface area (Å²) in [7, 11) is 0. The number of furan rings is 1. The third-order valence-electron chi connectivity index (χ3n) is 9.26. The van der Waals surface area contributed by atoms with Gasteiger partial charge in [0.05, 0.1) is 29.6 Å². The molecule has 3 fully saturated rings. The fourth-order valence-electron chi connectivity index (χ4n) is 7.50. The number of rotatable bonds is 5. The van der Waals surface area contributed by atoms with Gasteiger partial charge in [-0.2, -0.15) is 0 Å². The number of nitrogens with zero attached hydrogens (tertiary/aromatic N) is 2. The Bertz CT molecular complexity index is 1310. The number of carbonyl (C=O) groups is 1. The Morgan fingerprint density at radius 2 is 2.17 bits per heavy atom. The second-order valence-electron chi connectivity index (χ2n) is 11.0. The van der Waals surface area contributed by atoms with E-state index in [2.05, 4.69) is 4.90 Å². The van der Waals surface area contributed by atoms with Crippen molar-refractivity contribution in [2.45, 2.75) is 67.7 Å². The van der Waals surface area contributed by atoms with E-state index in [9.17, 15) is 15.0 Å². The molecule has 5 atom stereocenters. The summed E-state index contributed by atoms with van der Waals surface area (Å²) < 4.78 is 36.5. The van der Waals surface area contributed by atoms with Crippen LogP contribution in [0.3, 0.4) is 0 Å². The Balaban J connectivity index is 0.00000277. The molecule has 36 heavy (non-hydrogen) atoms. The van der Waals surface area contributed by atoms with Crippen LogP contribution in [-0.4, -0.2) is 69.8 Å². The lowest BCUT2D eigenvalue weighted by Gasteiger charge is -2.64. The standard InChI is InChI=1S/C28H32N2O5.ClH/c1-29(23(32)7-4-18-9-13-34-16-18)20-8-10-28(33)22-14-19-5-6-21(31)25-24(19)27(28,26(20)35-25)11-12-30(22)15-17-2-3-17;/h4-7,9,13,16-17,20,22,26,31,33H,2-3,8,10-12,14-15H2,1H3;1H/b7-4+;/t20-,22?,26+,27+,28-;/m1./s1/i1D3;. The summed E-state index contributed by atoms with van der Waals surface area (Å²) in [5.41, 5.74) is 0.438. The molecule has 1 aromatic carbocycles. The highest BCUT2D eigenvalue weighted by atomic mass is 35.5. The molecule has 1 saturated heterocycles. The number of piperidine rings is 1. The normalized spacial score (nSPS) is 35.7. The van der Waals surface area contributed by atoms with Crippen molar-refractivity contribution in [3.8, 4) is 11.5 Å². The number of hydrogen-bond acceptors (Lipinski definition) is 6. The van der Waals surface area contributed by atoms with Gasteiger partial charge in [-0.15, -0.1) is 12.4 Å². The van der Waals surface area contributed by atoms with Crippen molar-refractivity contribution < 1.29 is 28.3 Å². The average Bonchev–Trinajstić information content (AvgIpc) is 3.37. The van der Waals surface area contributed by atoms with Gasteiger partial charge < -0.3 is 24.3 Å². The van der Waals surface area contributed by atoms with Gasteiger partial charge in [0.1, 0.15) is 6.10 Å². The van der Waals surface area contributed by atoms with E-state index in [0.717, 1.165) is 29.1 Å². The van der Waals surface area contributed by atoms with Gasteiger partial charge in [0, 0.05) is 40.9 Å². The highest BCUT2D eigenvalue weighted by molar-refractivity contribution is 5.92. The molecule has 5 aliphatic rings. The molecule has 2 aromatic rings. The molecular formula is C28H33ClN2O5. The lowest BCUT2D eigenvalue weighted by atomic mass is 9.48. The fraction of sp³-hybridized carbons (Fsp3) is 0.536. The smallest absolute Gasteiger partial charge is 0.246 e. The number of hydrogen-bond donors (Lipinski definition) is 2. The van der Waals surface area contributed by atoms with Gasteiger partial charge >= 0.3 is 0 Å². The van der Waals surface area contributed by atoms with Crippen LogP contribution in [0, 0.1) is 5.92 Å². The predicted octanol–water partition coefficient (Wildman–Crippen LogP) is 3.51. The maximum absolute atomic E-state index is 13.5. The molecule has 0 radical (unpaired) electrons. The molecule has 192 valence electrons. The van der Waals surface area contributed by atoms with Crippen molar-refractivity contribution in [1.29, 1.82) is 0 Å². The zero-order valence-corrected chi connectivity index (χ0v) is 20.7. The van der Waals surface area contributed by atoms with Gasteiger partial charge in [-0.3, -0.25) is 9.69 Å². The summed E-state index contributed by atoms with van der Waals surface area (Å²) in [5, 5.41) is 23.4. The molecule has 7 nitrogen and oxygen atoms in total. The Hall–Kier alpha value is -2.48. The van der Waals surface area contributed by atoms with Crippen LogP contribution in [0.25, 0.3) is 6.08 Å². The Morgan fingerprint density at radius 1 is 1.31 bits per heavy atom. The van der Waals surface area contributed by atoms with Gasteiger partial charge in [0.2, 0.25) is 5.91 Å². The van der Waals surface area contributed by atoms with E-state index < -0.39 is 36.0 Å². The SMILES string of the molecule is Cl.[2H]C([2H])([2H])N(C(=O)/C=C/c1ccoc1)[C@@H]1CC[C@@]2(O)C3Cc4ccc(O)c5c4[C@@]2(CCN3CC2CC2)[C@H]1O5. The first kappa shape index (κ1) is 20.6. The summed E-state index contributed by atoms with van der Waals surface area (Å²) in [6, 6.07) is 4.30. The minimum absolute atomic E-state index is 0. The van der Waals surface area contributed by atoms with E-state index in [1.165, 1.54) is 37.5 Å². The zero-order chi connectivity index (χ0) is 26.4. The Kier molecular flexibility index (Phi) is 4.72. The predicted molar refractivity (Wildman–Crippen MR) is 136 cm³/mol. The molecule has 1 amide bonds. The number of amides is 1. The van der Waals surface area contributed by atoms with Crippen molar-refractivity contribution in [3.63, 3.8) is 0 Å². The molecule has 7 rings (SSSR count). The molecule has 2 aliphatic heterocycles. The van der Waals surface area contributed by atoms with Gasteiger partial charge in [-0.25, -0.2) is 0 Å². The quantitative estimate of drug-likeness (QED) is 0.593. The van der Waals surface area contributed by atoms with Crippen LogP contribution in [0.1, 0.15) is 52.9 Å². The number of aromatic hydroxyl groups is 1. The monoisotopic (exact) mass is 515 g/mol. The van der Waals surface area contributed by atoms with Gasteiger partial charge in [0.15, 0.2) is 11.5 Å². The lowest BCUT2D eigenvalue weighted by molar-refractivity contribution is -0.200. The number of likely N-dealkylation sites (tertiary alicyclic amines) is 1. The van der Waals surface area contributed by atoms with Crippen molar-refractivity contribution in [3.05, 3.63) is 53.5 Å². The van der Waals surface area contributed by atoms with Crippen LogP contribution in [0.15, 0.2) is 41.2 Å². The van der Waals surface area contributed by atoms with E-state index in [1.54, 1.807) is 12.1 Å². The summed E-state index contributed by atoms with van der Waals surface area (Å²) in [6.45, 7) is -1.01. The molecule has 1 aromatic heterocycles. The number of ether oxygens (including phenoxy) is 1. The topological polar surface area (TPSA) is 86.4 Å². The van der Waals surface area contributed by atoms with E-state index in [1.807, 2.05) is 6.07 Å². The number of phenols is 1. The lowest BCUT2D eigenvalue weighted by Crippen LogP contribution is -2.78. The van der Waals surface area contributed by atoms with Crippen molar-refractivity contribution >= 4 is 24.4 Å². The molecule has 2 N–H and O–H groups in total. The van der Waals surface area contributed by atoms with E-state index in [4.69, 9.17) is 13.3 Å². The minimum atomic E-state index is -2.72. The number of likely N-dealkylation sites (N-methyl/N-ethyl adjacent to an activating group) is 1. The van der Waals surface area contributed by atoms with E-state index >= 15 is 0 Å². The maximum Gasteiger partial charge on any atom is 0.246 e. The summed E-state index contributed by atoms with van der Waals surface area (Å²) in [5.74, 6) is 0.334. The largest absolute Gasteiger partial charge is 0.504 e. The van der Waals surface area contributed by atoms with Crippen LogP contribution < -0.4 is 4.74 Å². The Labute approximate surface area is 221 Å². The minimum Gasteiger partial charge on any atom is -0.504 e.